The topological polar surface area (TPSA) is 44.8 Å². The third-order valence-electron chi connectivity index (χ3n) is 2.15. The lowest BCUT2D eigenvalue weighted by Gasteiger charge is -2.27. The zero-order valence-corrected chi connectivity index (χ0v) is 17.3. The largest absolute Gasteiger partial charge is 0.464 e. The molecule has 8 heteroatoms. The number of esters is 1. The quantitative estimate of drug-likeness (QED) is 0.279. The summed E-state index contributed by atoms with van der Waals surface area (Å²) >= 11 is 0. The first kappa shape index (κ1) is 19.7. The van der Waals surface area contributed by atoms with E-state index < -0.39 is 16.6 Å². The van der Waals surface area contributed by atoms with E-state index in [1.165, 1.54) is 0 Å². The summed E-state index contributed by atoms with van der Waals surface area (Å²) in [6, 6.07) is 0. The summed E-state index contributed by atoms with van der Waals surface area (Å²) in [4.78, 5) is 12.3. The Kier molecular flexibility index (Phi) is 8.14. The highest BCUT2D eigenvalue weighted by molar-refractivity contribution is 6.92. The number of carbonyl (C=O) groups is 1. The molecule has 0 atom stereocenters. The maximum Gasteiger partial charge on any atom is 0.332 e. The summed E-state index contributed by atoms with van der Waals surface area (Å²) in [7, 11) is -3.09. The standard InChI is InChI=1S/C12H24O4Si4/c1-10(2)12(13)14-9-17-15-20(7,8)11(3)18-16-19(4,5)6/h1,3,9H2,2,4-8H3. The Morgan fingerprint density at radius 3 is 2.10 bits per heavy atom. The van der Waals surface area contributed by atoms with Crippen LogP contribution in [0.15, 0.2) is 23.6 Å². The predicted octanol–water partition coefficient (Wildman–Crippen LogP) is 2.43. The Morgan fingerprint density at radius 1 is 1.10 bits per heavy atom. The molecule has 0 amide bonds. The summed E-state index contributed by atoms with van der Waals surface area (Å²) in [6.45, 7) is 19.9. The second kappa shape index (κ2) is 8.25. The van der Waals surface area contributed by atoms with Gasteiger partial charge in [0.15, 0.2) is 16.6 Å². The molecule has 0 aromatic carbocycles. The first-order valence-electron chi connectivity index (χ1n) is 6.32. The maximum absolute atomic E-state index is 11.2. The van der Waals surface area contributed by atoms with Gasteiger partial charge in [0, 0.05) is 5.57 Å². The van der Waals surface area contributed by atoms with Crippen LogP contribution in [0.2, 0.25) is 32.7 Å². The van der Waals surface area contributed by atoms with Gasteiger partial charge in [-0.2, -0.15) is 0 Å². The van der Waals surface area contributed by atoms with Gasteiger partial charge in [-0.3, -0.25) is 0 Å². The van der Waals surface area contributed by atoms with Crippen molar-refractivity contribution in [2.45, 2.75) is 39.7 Å². The molecule has 0 aliphatic rings. The molecule has 4 radical (unpaired) electrons. The Balaban J connectivity index is 4.09. The molecule has 0 fully saturated rings. The molecule has 0 aromatic heterocycles. The third-order valence-corrected chi connectivity index (χ3v) is 11.7. The van der Waals surface area contributed by atoms with Gasteiger partial charge in [0.05, 0.1) is 0 Å². The summed E-state index contributed by atoms with van der Waals surface area (Å²) < 4.78 is 16.8. The van der Waals surface area contributed by atoms with E-state index in [9.17, 15) is 4.79 Å². The first-order valence-corrected chi connectivity index (χ1v) is 14.7. The molecule has 0 spiro atoms. The van der Waals surface area contributed by atoms with E-state index in [0.29, 0.717) is 15.3 Å². The van der Waals surface area contributed by atoms with Gasteiger partial charge >= 0.3 is 5.97 Å². The Labute approximate surface area is 129 Å². The number of hydrogen-bond acceptors (Lipinski definition) is 4. The van der Waals surface area contributed by atoms with Gasteiger partial charge in [0.25, 0.3) is 9.76 Å². The SMILES string of the molecule is C=C(C)C(=O)OC[Si]O[Si](C)(C)C(=C)[Si]O[Si](C)(C)C. The van der Waals surface area contributed by atoms with Gasteiger partial charge in [-0.05, 0) is 44.5 Å². The van der Waals surface area contributed by atoms with Crippen molar-refractivity contribution in [3.8, 4) is 0 Å². The van der Waals surface area contributed by atoms with Crippen molar-refractivity contribution in [3.63, 3.8) is 0 Å². The van der Waals surface area contributed by atoms with Gasteiger partial charge in [-0.25, -0.2) is 4.79 Å². The number of hydrogen-bond donors (Lipinski definition) is 0. The minimum Gasteiger partial charge on any atom is -0.464 e. The predicted molar refractivity (Wildman–Crippen MR) is 89.4 cm³/mol. The molecule has 112 valence electrons. The van der Waals surface area contributed by atoms with Gasteiger partial charge in [0.2, 0.25) is 9.76 Å². The van der Waals surface area contributed by atoms with Gasteiger partial charge < -0.3 is 13.0 Å². The van der Waals surface area contributed by atoms with Crippen molar-refractivity contribution < 1.29 is 17.8 Å². The highest BCUT2D eigenvalue weighted by Gasteiger charge is 2.29. The summed E-state index contributed by atoms with van der Waals surface area (Å²) in [5.41, 5.74) is 0.403. The first-order chi connectivity index (χ1) is 8.96. The summed E-state index contributed by atoms with van der Waals surface area (Å²) in [5, 5.41) is 0. The second-order valence-electron chi connectivity index (χ2n) is 5.91. The van der Waals surface area contributed by atoms with Crippen molar-refractivity contribution in [1.29, 1.82) is 0 Å². The summed E-state index contributed by atoms with van der Waals surface area (Å²) in [6.07, 6.45) is 0.271. The minimum absolute atomic E-state index is 0.130. The van der Waals surface area contributed by atoms with E-state index >= 15 is 0 Å². The van der Waals surface area contributed by atoms with Crippen LogP contribution in [0.3, 0.4) is 0 Å². The average Bonchev–Trinajstić information content (AvgIpc) is 2.30. The van der Waals surface area contributed by atoms with Gasteiger partial charge in [-0.15, -0.1) is 6.58 Å². The molecule has 0 N–H and O–H groups in total. The van der Waals surface area contributed by atoms with E-state index in [1.807, 2.05) is 0 Å². The van der Waals surface area contributed by atoms with Crippen LogP contribution >= 0.6 is 0 Å². The molecule has 0 heterocycles. The van der Waals surface area contributed by atoms with E-state index in [4.69, 9.17) is 13.0 Å². The fraction of sp³-hybridized carbons (Fsp3) is 0.583. The Bertz CT molecular complexity index is 374. The van der Waals surface area contributed by atoms with Crippen LogP contribution in [-0.4, -0.2) is 48.4 Å². The van der Waals surface area contributed by atoms with E-state index in [1.54, 1.807) is 6.92 Å². The molecule has 0 bridgehead atoms. The molecular weight excluding hydrogens is 320 g/mol. The molecule has 4 nitrogen and oxygen atoms in total. The molecule has 20 heavy (non-hydrogen) atoms. The summed E-state index contributed by atoms with van der Waals surface area (Å²) in [5.74, 6) is -0.372. The van der Waals surface area contributed by atoms with Crippen LogP contribution in [0.25, 0.3) is 0 Å². The van der Waals surface area contributed by atoms with E-state index in [-0.39, 0.29) is 22.0 Å². The van der Waals surface area contributed by atoms with E-state index in [2.05, 4.69) is 45.9 Å². The fourth-order valence-corrected chi connectivity index (χ4v) is 6.81. The highest BCUT2D eigenvalue weighted by atomic mass is 28.4. The van der Waals surface area contributed by atoms with Crippen LogP contribution in [0, 0.1) is 0 Å². The fourth-order valence-electron chi connectivity index (χ4n) is 0.827. The zero-order valence-electron chi connectivity index (χ0n) is 13.3. The second-order valence-corrected chi connectivity index (χ2v) is 17.3. The van der Waals surface area contributed by atoms with Crippen molar-refractivity contribution in [1.82, 2.24) is 0 Å². The molecule has 0 aliphatic carbocycles. The Morgan fingerprint density at radius 2 is 1.65 bits per heavy atom. The smallest absolute Gasteiger partial charge is 0.332 e. The average molecular weight is 345 g/mol. The van der Waals surface area contributed by atoms with Crippen LogP contribution < -0.4 is 0 Å². The van der Waals surface area contributed by atoms with Crippen molar-refractivity contribution in [3.05, 3.63) is 23.6 Å². The van der Waals surface area contributed by atoms with Crippen LogP contribution in [0.1, 0.15) is 6.92 Å². The van der Waals surface area contributed by atoms with Crippen molar-refractivity contribution >= 4 is 42.1 Å². The van der Waals surface area contributed by atoms with Crippen molar-refractivity contribution in [2.24, 2.45) is 0 Å². The number of ether oxygens (including phenoxy) is 1. The minimum atomic E-state index is -1.99. The lowest BCUT2D eigenvalue weighted by atomic mass is 10.4. The van der Waals surface area contributed by atoms with Crippen LogP contribution in [0.5, 0.6) is 0 Å². The van der Waals surface area contributed by atoms with Crippen LogP contribution in [0.4, 0.5) is 0 Å². The lowest BCUT2D eigenvalue weighted by molar-refractivity contribution is -0.137. The van der Waals surface area contributed by atoms with Crippen LogP contribution in [-0.2, 0) is 17.8 Å². The third kappa shape index (κ3) is 8.82. The van der Waals surface area contributed by atoms with Gasteiger partial charge in [0.1, 0.15) is 6.23 Å². The maximum atomic E-state index is 11.2. The number of rotatable bonds is 9. The molecular formula is C12H24O4Si4. The molecule has 0 rings (SSSR count). The zero-order chi connectivity index (χ0) is 16.0. The normalized spacial score (nSPS) is 12.1. The monoisotopic (exact) mass is 344 g/mol. The lowest BCUT2D eigenvalue weighted by Crippen LogP contribution is -2.41. The van der Waals surface area contributed by atoms with Crippen molar-refractivity contribution in [2.75, 3.05) is 6.23 Å². The van der Waals surface area contributed by atoms with Gasteiger partial charge in [-0.1, -0.05) is 6.58 Å². The molecule has 0 saturated carbocycles. The number of carbonyl (C=O) groups excluding carboxylic acids is 1. The molecule has 0 saturated heterocycles. The molecule has 0 unspecified atom stereocenters. The highest BCUT2D eigenvalue weighted by Crippen LogP contribution is 2.15. The molecule has 0 aromatic rings. The Hall–Kier alpha value is -0.262. The van der Waals surface area contributed by atoms with E-state index in [0.717, 1.165) is 4.82 Å². The molecule has 0 aliphatic heterocycles.